The molecule has 0 heterocycles. The molecule has 0 aliphatic rings. The molecule has 1 unspecified atom stereocenters. The first kappa shape index (κ1) is 14.3. The first-order valence-electron chi connectivity index (χ1n) is 7.50. The molecule has 0 fully saturated rings. The molecule has 1 atom stereocenters. The molecule has 0 aliphatic heterocycles. The zero-order chi connectivity index (χ0) is 14.8. The van der Waals surface area contributed by atoms with Crippen molar-refractivity contribution in [2.24, 2.45) is 0 Å². The van der Waals surface area contributed by atoms with E-state index in [1.807, 2.05) is 0 Å². The quantitative estimate of drug-likeness (QED) is 0.557. The van der Waals surface area contributed by atoms with Crippen molar-refractivity contribution in [3.8, 4) is 11.1 Å². The first-order chi connectivity index (χ1) is 10.1. The average Bonchev–Trinajstić information content (AvgIpc) is 2.48. The Morgan fingerprint density at radius 3 is 2.38 bits per heavy atom. The number of hydrogen-bond donors (Lipinski definition) is 0. The van der Waals surface area contributed by atoms with Crippen LogP contribution in [0.25, 0.3) is 21.9 Å². The van der Waals surface area contributed by atoms with Crippen LogP contribution in [0.2, 0.25) is 0 Å². The lowest BCUT2D eigenvalue weighted by Gasteiger charge is -2.15. The highest BCUT2D eigenvalue weighted by Gasteiger charge is 2.10. The van der Waals surface area contributed by atoms with Crippen molar-refractivity contribution in [3.63, 3.8) is 0 Å². The molecule has 21 heavy (non-hydrogen) atoms. The minimum Gasteiger partial charge on any atom is -0.0871 e. The number of aryl methyl sites for hydroxylation is 1. The summed E-state index contributed by atoms with van der Waals surface area (Å²) in [5, 5.41) is 4.14. The van der Waals surface area contributed by atoms with E-state index in [4.69, 9.17) is 0 Å². The van der Waals surface area contributed by atoms with Crippen LogP contribution in [-0.4, -0.2) is 5.66 Å². The van der Waals surface area contributed by atoms with Gasteiger partial charge in [-0.05, 0) is 39.8 Å². The van der Waals surface area contributed by atoms with Crippen LogP contribution in [0, 0.1) is 6.92 Å². The van der Waals surface area contributed by atoms with Gasteiger partial charge in [-0.25, -0.2) is 0 Å². The van der Waals surface area contributed by atoms with Crippen LogP contribution in [0.1, 0.15) is 19.4 Å². The summed E-state index contributed by atoms with van der Waals surface area (Å²) in [5.41, 5.74) is 4.79. The van der Waals surface area contributed by atoms with E-state index < -0.39 is 0 Å². The van der Waals surface area contributed by atoms with Gasteiger partial charge in [-0.1, -0.05) is 88.7 Å². The fourth-order valence-corrected chi connectivity index (χ4v) is 3.94. The largest absolute Gasteiger partial charge is 0.0871 e. The zero-order valence-corrected chi connectivity index (χ0v) is 13.9. The fraction of sp³-hybridized carbons (Fsp3) is 0.200. The standard InChI is InChI=1S/C20H21P/c1-14(2)21-20-12-11-15(3)13-19(20)18-10-6-8-16-7-4-5-9-17(16)18/h4-14,21H,1-3H3. The van der Waals surface area contributed by atoms with Crippen molar-refractivity contribution in [2.45, 2.75) is 26.4 Å². The SMILES string of the molecule is Cc1ccc(PC(C)C)c(-c2cccc3ccccc23)c1. The van der Waals surface area contributed by atoms with Gasteiger partial charge in [0.1, 0.15) is 0 Å². The molecular weight excluding hydrogens is 271 g/mol. The monoisotopic (exact) mass is 292 g/mol. The molecule has 0 nitrogen and oxygen atoms in total. The van der Waals surface area contributed by atoms with Crippen LogP contribution >= 0.6 is 8.58 Å². The highest BCUT2D eigenvalue weighted by molar-refractivity contribution is 7.48. The maximum atomic E-state index is 2.34. The summed E-state index contributed by atoms with van der Waals surface area (Å²) in [7, 11) is 0.853. The van der Waals surface area contributed by atoms with E-state index in [2.05, 4.69) is 81.4 Å². The summed E-state index contributed by atoms with van der Waals surface area (Å²) in [5.74, 6) is 0. The van der Waals surface area contributed by atoms with Gasteiger partial charge in [0.2, 0.25) is 0 Å². The minimum absolute atomic E-state index is 0.696. The Morgan fingerprint density at radius 2 is 1.57 bits per heavy atom. The second-order valence-corrected chi connectivity index (χ2v) is 7.86. The maximum Gasteiger partial charge on any atom is -0.00990 e. The summed E-state index contributed by atoms with van der Waals surface area (Å²) in [4.78, 5) is 0. The molecular formula is C20H21P. The van der Waals surface area contributed by atoms with Gasteiger partial charge >= 0.3 is 0 Å². The van der Waals surface area contributed by atoms with Gasteiger partial charge in [0.05, 0.1) is 0 Å². The molecule has 1 heteroatoms. The lowest BCUT2D eigenvalue weighted by Crippen LogP contribution is -2.04. The fourth-order valence-electron chi connectivity index (χ4n) is 2.78. The summed E-state index contributed by atoms with van der Waals surface area (Å²) in [6.07, 6.45) is 0. The second kappa shape index (κ2) is 6.00. The number of rotatable bonds is 3. The van der Waals surface area contributed by atoms with Crippen LogP contribution in [0.3, 0.4) is 0 Å². The van der Waals surface area contributed by atoms with E-state index in [-0.39, 0.29) is 0 Å². The number of benzene rings is 3. The van der Waals surface area contributed by atoms with E-state index in [0.29, 0.717) is 5.66 Å². The number of fused-ring (bicyclic) bond motifs is 1. The molecule has 0 radical (unpaired) electrons. The lowest BCUT2D eigenvalue weighted by atomic mass is 9.97. The Bertz CT molecular complexity index is 766. The molecule has 0 N–H and O–H groups in total. The third-order valence-electron chi connectivity index (χ3n) is 3.70. The van der Waals surface area contributed by atoms with Crippen molar-refractivity contribution in [1.29, 1.82) is 0 Å². The normalized spacial score (nSPS) is 11.8. The summed E-state index contributed by atoms with van der Waals surface area (Å²) in [6.45, 7) is 6.77. The Kier molecular flexibility index (Phi) is 4.08. The molecule has 0 saturated heterocycles. The van der Waals surface area contributed by atoms with Gasteiger partial charge in [-0.3, -0.25) is 0 Å². The van der Waals surface area contributed by atoms with Crippen LogP contribution < -0.4 is 5.30 Å². The smallest absolute Gasteiger partial charge is 0.00990 e. The zero-order valence-electron chi connectivity index (χ0n) is 12.9. The Balaban J connectivity index is 2.24. The average molecular weight is 292 g/mol. The van der Waals surface area contributed by atoms with E-state index in [0.717, 1.165) is 8.58 Å². The van der Waals surface area contributed by atoms with Crippen LogP contribution in [0.15, 0.2) is 60.7 Å². The van der Waals surface area contributed by atoms with Crippen molar-refractivity contribution in [1.82, 2.24) is 0 Å². The van der Waals surface area contributed by atoms with E-state index >= 15 is 0 Å². The van der Waals surface area contributed by atoms with E-state index in [9.17, 15) is 0 Å². The molecule has 3 rings (SSSR count). The van der Waals surface area contributed by atoms with Gasteiger partial charge < -0.3 is 0 Å². The molecule has 106 valence electrons. The molecule has 0 aromatic heterocycles. The van der Waals surface area contributed by atoms with Gasteiger partial charge in [0.15, 0.2) is 0 Å². The molecule has 3 aromatic carbocycles. The highest BCUT2D eigenvalue weighted by atomic mass is 31.1. The Hall–Kier alpha value is -1.65. The van der Waals surface area contributed by atoms with Gasteiger partial charge in [-0.15, -0.1) is 0 Å². The van der Waals surface area contributed by atoms with E-state index in [1.165, 1.54) is 32.8 Å². The summed E-state index contributed by atoms with van der Waals surface area (Å²) < 4.78 is 0. The molecule has 0 bridgehead atoms. The molecule has 0 aliphatic carbocycles. The number of hydrogen-bond acceptors (Lipinski definition) is 0. The highest BCUT2D eigenvalue weighted by Crippen LogP contribution is 2.32. The van der Waals surface area contributed by atoms with Crippen molar-refractivity contribution in [2.75, 3.05) is 0 Å². The summed E-state index contributed by atoms with van der Waals surface area (Å²) >= 11 is 0. The van der Waals surface area contributed by atoms with Crippen LogP contribution in [0.4, 0.5) is 0 Å². The van der Waals surface area contributed by atoms with E-state index in [1.54, 1.807) is 0 Å². The molecule has 3 aromatic rings. The van der Waals surface area contributed by atoms with Gasteiger partial charge in [0, 0.05) is 0 Å². The minimum atomic E-state index is 0.696. The van der Waals surface area contributed by atoms with Crippen molar-refractivity contribution >= 4 is 24.7 Å². The van der Waals surface area contributed by atoms with Crippen molar-refractivity contribution < 1.29 is 0 Å². The Labute approximate surface area is 129 Å². The Morgan fingerprint density at radius 1 is 0.810 bits per heavy atom. The predicted octanol–water partition coefficient (Wildman–Crippen LogP) is 5.53. The van der Waals surface area contributed by atoms with Gasteiger partial charge in [-0.2, -0.15) is 0 Å². The predicted molar refractivity (Wildman–Crippen MR) is 97.2 cm³/mol. The van der Waals surface area contributed by atoms with Crippen LogP contribution in [-0.2, 0) is 0 Å². The van der Waals surface area contributed by atoms with Gasteiger partial charge in [0.25, 0.3) is 0 Å². The molecule has 0 amide bonds. The third kappa shape index (κ3) is 3.01. The van der Waals surface area contributed by atoms with Crippen LogP contribution in [0.5, 0.6) is 0 Å². The molecule has 0 spiro atoms. The van der Waals surface area contributed by atoms with Crippen molar-refractivity contribution in [3.05, 3.63) is 66.2 Å². The lowest BCUT2D eigenvalue weighted by molar-refractivity contribution is 1.11. The second-order valence-electron chi connectivity index (χ2n) is 5.87. The maximum absolute atomic E-state index is 2.34. The first-order valence-corrected chi connectivity index (χ1v) is 8.58. The molecule has 0 saturated carbocycles. The topological polar surface area (TPSA) is 0 Å². The summed E-state index contributed by atoms with van der Waals surface area (Å²) in [6, 6.07) is 22.2. The third-order valence-corrected chi connectivity index (χ3v) is 5.02.